The highest BCUT2D eigenvalue weighted by molar-refractivity contribution is 6.29. The van der Waals surface area contributed by atoms with E-state index in [1.54, 1.807) is 30.3 Å². The lowest BCUT2D eigenvalue weighted by atomic mass is 10.0. The van der Waals surface area contributed by atoms with E-state index in [0.29, 0.717) is 5.56 Å². The van der Waals surface area contributed by atoms with Crippen molar-refractivity contribution in [3.8, 4) is 11.1 Å². The summed E-state index contributed by atoms with van der Waals surface area (Å²) in [5.41, 5.74) is -0.282. The summed E-state index contributed by atoms with van der Waals surface area (Å²) < 4.78 is 38.3. The maximum Gasteiger partial charge on any atom is 0.418 e. The summed E-state index contributed by atoms with van der Waals surface area (Å²) in [7, 11) is 0. The molecule has 88 valence electrons. The minimum atomic E-state index is -4.44. The number of rotatable bonds is 1. The molecule has 5 heteroatoms. The molecule has 1 heterocycles. The number of pyridine rings is 1. The second-order valence-electron chi connectivity index (χ2n) is 3.42. The molecular formula is C12H7ClF3N. The zero-order valence-electron chi connectivity index (χ0n) is 8.50. The van der Waals surface area contributed by atoms with Crippen LogP contribution in [0.3, 0.4) is 0 Å². The normalized spacial score (nSPS) is 11.5. The average molecular weight is 258 g/mol. The maximum absolute atomic E-state index is 12.8. The number of hydrogen-bond acceptors (Lipinski definition) is 1. The van der Waals surface area contributed by atoms with Crippen LogP contribution in [0, 0.1) is 0 Å². The van der Waals surface area contributed by atoms with Gasteiger partial charge in [-0.2, -0.15) is 13.2 Å². The van der Waals surface area contributed by atoms with E-state index in [9.17, 15) is 13.2 Å². The van der Waals surface area contributed by atoms with Crippen molar-refractivity contribution in [3.63, 3.8) is 0 Å². The third-order valence-corrected chi connectivity index (χ3v) is 2.47. The van der Waals surface area contributed by atoms with Gasteiger partial charge >= 0.3 is 6.18 Å². The smallest absolute Gasteiger partial charge is 0.244 e. The molecular weight excluding hydrogens is 251 g/mol. The molecule has 0 aliphatic heterocycles. The Kier molecular flexibility index (Phi) is 3.07. The second-order valence-corrected chi connectivity index (χ2v) is 3.80. The van der Waals surface area contributed by atoms with Crippen molar-refractivity contribution in [2.45, 2.75) is 6.18 Å². The van der Waals surface area contributed by atoms with Crippen LogP contribution in [-0.2, 0) is 6.18 Å². The summed E-state index contributed by atoms with van der Waals surface area (Å²) >= 11 is 5.64. The zero-order valence-corrected chi connectivity index (χ0v) is 9.26. The third kappa shape index (κ3) is 2.58. The molecule has 17 heavy (non-hydrogen) atoms. The van der Waals surface area contributed by atoms with E-state index in [1.807, 2.05) is 0 Å². The van der Waals surface area contributed by atoms with Crippen LogP contribution < -0.4 is 0 Å². The Morgan fingerprint density at radius 3 is 2.29 bits per heavy atom. The molecule has 1 nitrogen and oxygen atoms in total. The van der Waals surface area contributed by atoms with Crippen LogP contribution in [0.1, 0.15) is 5.56 Å². The van der Waals surface area contributed by atoms with Crippen molar-refractivity contribution < 1.29 is 13.2 Å². The van der Waals surface area contributed by atoms with E-state index in [-0.39, 0.29) is 10.7 Å². The van der Waals surface area contributed by atoms with Crippen LogP contribution >= 0.6 is 11.6 Å². The summed E-state index contributed by atoms with van der Waals surface area (Å²) in [4.78, 5) is 3.48. The molecule has 0 bridgehead atoms. The van der Waals surface area contributed by atoms with Gasteiger partial charge in [0, 0.05) is 6.20 Å². The molecule has 0 atom stereocenters. The topological polar surface area (TPSA) is 12.9 Å². The predicted molar refractivity (Wildman–Crippen MR) is 59.7 cm³/mol. The van der Waals surface area contributed by atoms with Gasteiger partial charge in [-0.1, -0.05) is 41.9 Å². The number of benzene rings is 1. The van der Waals surface area contributed by atoms with Crippen molar-refractivity contribution in [2.24, 2.45) is 0 Å². The van der Waals surface area contributed by atoms with E-state index >= 15 is 0 Å². The fraction of sp³-hybridized carbons (Fsp3) is 0.0833. The summed E-state index contributed by atoms with van der Waals surface area (Å²) in [6.45, 7) is 0. The van der Waals surface area contributed by atoms with Crippen molar-refractivity contribution in [1.82, 2.24) is 4.98 Å². The molecule has 0 aliphatic rings. The maximum atomic E-state index is 12.8. The molecule has 0 fully saturated rings. The number of hydrogen-bond donors (Lipinski definition) is 0. The molecule has 0 radical (unpaired) electrons. The summed E-state index contributed by atoms with van der Waals surface area (Å²) in [6, 6.07) is 9.49. The van der Waals surface area contributed by atoms with Gasteiger partial charge in [-0.25, -0.2) is 4.98 Å². The summed E-state index contributed by atoms with van der Waals surface area (Å²) in [5.74, 6) is 0. The van der Waals surface area contributed by atoms with Gasteiger partial charge in [0.15, 0.2) is 0 Å². The Balaban J connectivity index is 2.64. The number of halogens is 4. The van der Waals surface area contributed by atoms with Gasteiger partial charge < -0.3 is 0 Å². The van der Waals surface area contributed by atoms with E-state index in [1.165, 1.54) is 6.07 Å². The Hall–Kier alpha value is -1.55. The Morgan fingerprint density at radius 2 is 1.71 bits per heavy atom. The minimum absolute atomic E-state index is 0.0388. The molecule has 1 aromatic carbocycles. The van der Waals surface area contributed by atoms with E-state index < -0.39 is 11.7 Å². The highest BCUT2D eigenvalue weighted by atomic mass is 35.5. The van der Waals surface area contributed by atoms with Gasteiger partial charge in [0.2, 0.25) is 0 Å². The summed E-state index contributed by atoms with van der Waals surface area (Å²) in [5, 5.41) is 0.0388. The average Bonchev–Trinajstić information content (AvgIpc) is 2.28. The predicted octanol–water partition coefficient (Wildman–Crippen LogP) is 4.42. The SMILES string of the molecule is FC(F)(F)c1cnc(Cl)cc1-c1ccccc1. The molecule has 0 saturated carbocycles. The lowest BCUT2D eigenvalue weighted by Crippen LogP contribution is -2.07. The first-order valence-corrected chi connectivity index (χ1v) is 5.14. The largest absolute Gasteiger partial charge is 0.418 e. The van der Waals surface area contributed by atoms with Gasteiger partial charge in [0.25, 0.3) is 0 Å². The van der Waals surface area contributed by atoms with Crippen LogP contribution in [0.5, 0.6) is 0 Å². The molecule has 0 N–H and O–H groups in total. The van der Waals surface area contributed by atoms with Gasteiger partial charge in [-0.15, -0.1) is 0 Å². The first kappa shape index (κ1) is 11.9. The van der Waals surface area contributed by atoms with Gasteiger partial charge in [-0.3, -0.25) is 0 Å². The van der Waals surface area contributed by atoms with Gasteiger partial charge in [-0.05, 0) is 17.2 Å². The van der Waals surface area contributed by atoms with Crippen molar-refractivity contribution in [2.75, 3.05) is 0 Å². The van der Waals surface area contributed by atoms with E-state index in [2.05, 4.69) is 4.98 Å². The van der Waals surface area contributed by atoms with Crippen LogP contribution in [0.15, 0.2) is 42.6 Å². The number of aromatic nitrogens is 1. The summed E-state index contributed by atoms with van der Waals surface area (Å²) in [6.07, 6.45) is -3.69. The Bertz CT molecular complexity index is 523. The minimum Gasteiger partial charge on any atom is -0.244 e. The standard InChI is InChI=1S/C12H7ClF3N/c13-11-6-9(8-4-2-1-3-5-8)10(7-17-11)12(14,15)16/h1-7H. The fourth-order valence-corrected chi connectivity index (χ4v) is 1.67. The highest BCUT2D eigenvalue weighted by Crippen LogP contribution is 2.37. The van der Waals surface area contributed by atoms with E-state index in [0.717, 1.165) is 6.20 Å². The molecule has 0 unspecified atom stereocenters. The number of alkyl halides is 3. The monoisotopic (exact) mass is 257 g/mol. The van der Waals surface area contributed by atoms with Gasteiger partial charge in [0.05, 0.1) is 5.56 Å². The first-order valence-electron chi connectivity index (χ1n) is 4.76. The zero-order chi connectivity index (χ0) is 12.5. The second kappa shape index (κ2) is 4.37. The van der Waals surface area contributed by atoms with Crippen LogP contribution in [0.25, 0.3) is 11.1 Å². The first-order chi connectivity index (χ1) is 7.98. The molecule has 1 aromatic heterocycles. The molecule has 0 spiro atoms. The molecule has 0 saturated heterocycles. The van der Waals surface area contributed by atoms with Crippen LogP contribution in [0.2, 0.25) is 5.15 Å². The fourth-order valence-electron chi connectivity index (χ4n) is 1.51. The van der Waals surface area contributed by atoms with Crippen LogP contribution in [0.4, 0.5) is 13.2 Å². The number of nitrogens with zero attached hydrogens (tertiary/aromatic N) is 1. The quantitative estimate of drug-likeness (QED) is 0.689. The van der Waals surface area contributed by atoms with E-state index in [4.69, 9.17) is 11.6 Å². The third-order valence-electron chi connectivity index (χ3n) is 2.26. The molecule has 0 aliphatic carbocycles. The lowest BCUT2D eigenvalue weighted by Gasteiger charge is -2.12. The van der Waals surface area contributed by atoms with Crippen LogP contribution in [-0.4, -0.2) is 4.98 Å². The highest BCUT2D eigenvalue weighted by Gasteiger charge is 2.34. The van der Waals surface area contributed by atoms with Crippen molar-refractivity contribution in [3.05, 3.63) is 53.3 Å². The Labute approximate surface area is 101 Å². The molecule has 2 aromatic rings. The van der Waals surface area contributed by atoms with Gasteiger partial charge in [0.1, 0.15) is 5.15 Å². The molecule has 2 rings (SSSR count). The lowest BCUT2D eigenvalue weighted by molar-refractivity contribution is -0.137. The van der Waals surface area contributed by atoms with Crippen molar-refractivity contribution >= 4 is 11.6 Å². The van der Waals surface area contributed by atoms with Crippen molar-refractivity contribution in [1.29, 1.82) is 0 Å². The molecule has 0 amide bonds. The Morgan fingerprint density at radius 1 is 1.06 bits per heavy atom.